The van der Waals surface area contributed by atoms with Crippen molar-refractivity contribution in [3.05, 3.63) is 87.6 Å². The average molecular weight is 487 g/mol. The zero-order valence-corrected chi connectivity index (χ0v) is 18.9. The molecule has 4 rings (SSSR count). The molecule has 0 saturated heterocycles. The number of ether oxygens (including phenoxy) is 1. The van der Waals surface area contributed by atoms with E-state index >= 15 is 0 Å². The van der Waals surface area contributed by atoms with Crippen molar-refractivity contribution in [1.29, 1.82) is 0 Å². The van der Waals surface area contributed by atoms with Crippen LogP contribution < -0.4 is 10.1 Å². The van der Waals surface area contributed by atoms with E-state index in [9.17, 15) is 28.1 Å². The van der Waals surface area contributed by atoms with Crippen molar-refractivity contribution >= 4 is 12.1 Å². The lowest BCUT2D eigenvalue weighted by atomic mass is 9.96. The third kappa shape index (κ3) is 7.26. The first-order chi connectivity index (χ1) is 16.7. The number of nitrogens with zero attached hydrogens (tertiary/aromatic N) is 2. The van der Waals surface area contributed by atoms with Crippen LogP contribution in [-0.4, -0.2) is 22.4 Å². The number of nitrogens with one attached hydrogen (secondary N) is 1. The van der Waals surface area contributed by atoms with Gasteiger partial charge >= 0.3 is 6.18 Å². The molecule has 0 aliphatic heterocycles. The van der Waals surface area contributed by atoms with Crippen LogP contribution >= 0.6 is 0 Å². The molecule has 0 radical (unpaired) electrons. The molecular weight excluding hydrogens is 463 g/mol. The van der Waals surface area contributed by atoms with E-state index in [0.717, 1.165) is 30.5 Å². The van der Waals surface area contributed by atoms with Gasteiger partial charge < -0.3 is 10.1 Å². The van der Waals surface area contributed by atoms with Crippen LogP contribution in [0.15, 0.2) is 60.8 Å². The second kappa shape index (κ2) is 11.5. The van der Waals surface area contributed by atoms with Gasteiger partial charge in [0.2, 0.25) is 6.41 Å². The minimum absolute atomic E-state index is 0.0501. The Hall–Kier alpha value is -3.95. The summed E-state index contributed by atoms with van der Waals surface area (Å²) < 4.78 is 42.4. The van der Waals surface area contributed by atoms with Crippen molar-refractivity contribution in [2.45, 2.75) is 45.0 Å². The normalized spacial score (nSPS) is 13.1. The molecule has 1 N–H and O–H groups in total. The molecule has 7 nitrogen and oxygen atoms in total. The Morgan fingerprint density at radius 3 is 2.54 bits per heavy atom. The molecule has 0 spiro atoms. The van der Waals surface area contributed by atoms with Gasteiger partial charge in [-0.15, -0.1) is 0 Å². The number of amides is 1. The molecule has 1 aromatic heterocycles. The van der Waals surface area contributed by atoms with E-state index in [-0.39, 0.29) is 23.3 Å². The molecular formula is C25H24F3N3O4. The predicted molar refractivity (Wildman–Crippen MR) is 124 cm³/mol. The van der Waals surface area contributed by atoms with Crippen molar-refractivity contribution in [3.63, 3.8) is 0 Å². The maximum Gasteiger partial charge on any atom is 0.416 e. The highest BCUT2D eigenvalue weighted by Crippen LogP contribution is 2.34. The van der Waals surface area contributed by atoms with Crippen molar-refractivity contribution < 1.29 is 27.6 Å². The number of nitro benzene ring substituents is 1. The summed E-state index contributed by atoms with van der Waals surface area (Å²) >= 11 is 0. The summed E-state index contributed by atoms with van der Waals surface area (Å²) in [5.74, 6) is 0.670. The standard InChI is InChI=1S/C16H16N2O3.C9H8F3NO/c1-11-7-8-17-15(9-11)14-10-13(21-12-3-2-4-12)5-6-16(14)18(19)20;10-9(11,12)8-3-1-2-7(4-8)5-13-6-14/h5-10,12H,2-4H2,1H3;1-4,6H,5H2,(H,13,14). The maximum atomic E-state index is 12.2. The Morgan fingerprint density at radius 2 is 1.94 bits per heavy atom. The number of carbonyl (C=O) groups is 1. The number of hydrogen-bond acceptors (Lipinski definition) is 5. The van der Waals surface area contributed by atoms with Crippen molar-refractivity contribution in [2.24, 2.45) is 0 Å². The maximum absolute atomic E-state index is 12.2. The zero-order valence-electron chi connectivity index (χ0n) is 18.9. The van der Waals surface area contributed by atoms with E-state index in [4.69, 9.17) is 4.74 Å². The van der Waals surface area contributed by atoms with Crippen LogP contribution in [-0.2, 0) is 17.5 Å². The topological polar surface area (TPSA) is 94.4 Å². The van der Waals surface area contributed by atoms with Gasteiger partial charge in [-0.25, -0.2) is 0 Å². The molecule has 1 saturated carbocycles. The first kappa shape index (κ1) is 25.7. The highest BCUT2D eigenvalue weighted by molar-refractivity contribution is 5.72. The molecule has 1 heterocycles. The van der Waals surface area contributed by atoms with Gasteiger partial charge in [-0.3, -0.25) is 19.9 Å². The Kier molecular flexibility index (Phi) is 8.40. The fourth-order valence-corrected chi connectivity index (χ4v) is 3.33. The lowest BCUT2D eigenvalue weighted by Gasteiger charge is -2.26. The first-order valence-electron chi connectivity index (χ1n) is 10.9. The second-order valence-electron chi connectivity index (χ2n) is 8.02. The van der Waals surface area contributed by atoms with E-state index in [1.54, 1.807) is 18.3 Å². The van der Waals surface area contributed by atoms with E-state index < -0.39 is 11.7 Å². The van der Waals surface area contributed by atoms with Crippen LogP contribution in [0.1, 0.15) is 36.0 Å². The van der Waals surface area contributed by atoms with Crippen molar-refractivity contribution in [2.75, 3.05) is 0 Å². The third-order valence-electron chi connectivity index (χ3n) is 5.35. The SMILES string of the molecule is Cc1ccnc(-c2cc(OC3CCC3)ccc2[N+](=O)[O-])c1.O=CNCc1cccc(C(F)(F)F)c1. The van der Waals surface area contributed by atoms with Crippen molar-refractivity contribution in [3.8, 4) is 17.0 Å². The average Bonchev–Trinajstić information content (AvgIpc) is 2.80. The fourth-order valence-electron chi connectivity index (χ4n) is 3.33. The fraction of sp³-hybridized carbons (Fsp3) is 0.280. The molecule has 3 aromatic rings. The van der Waals surface area contributed by atoms with Crippen LogP contribution in [0.2, 0.25) is 0 Å². The minimum atomic E-state index is -4.34. The first-order valence-corrected chi connectivity index (χ1v) is 10.9. The number of alkyl halides is 3. The Morgan fingerprint density at radius 1 is 1.17 bits per heavy atom. The molecule has 0 atom stereocenters. The number of aromatic nitrogens is 1. The van der Waals surface area contributed by atoms with Gasteiger partial charge in [-0.05, 0) is 73.7 Å². The Bertz CT molecular complexity index is 1180. The van der Waals surface area contributed by atoms with Crippen LogP contribution in [0, 0.1) is 17.0 Å². The van der Waals surface area contributed by atoms with Gasteiger partial charge in [0, 0.05) is 18.8 Å². The quantitative estimate of drug-likeness (QED) is 0.256. The number of hydrogen-bond donors (Lipinski definition) is 1. The van der Waals surface area contributed by atoms with Crippen LogP contribution in [0.5, 0.6) is 5.75 Å². The summed E-state index contributed by atoms with van der Waals surface area (Å²) in [5, 5.41) is 13.5. The summed E-state index contributed by atoms with van der Waals surface area (Å²) in [6, 6.07) is 13.4. The lowest BCUT2D eigenvalue weighted by Crippen LogP contribution is -2.24. The third-order valence-corrected chi connectivity index (χ3v) is 5.35. The molecule has 0 unspecified atom stereocenters. The van der Waals surface area contributed by atoms with Gasteiger partial charge in [-0.2, -0.15) is 13.2 Å². The number of benzene rings is 2. The van der Waals surface area contributed by atoms with Crippen LogP contribution in [0.3, 0.4) is 0 Å². The van der Waals surface area contributed by atoms with Gasteiger partial charge in [0.1, 0.15) is 5.75 Å². The molecule has 1 aliphatic carbocycles. The van der Waals surface area contributed by atoms with E-state index in [1.165, 1.54) is 24.6 Å². The highest BCUT2D eigenvalue weighted by Gasteiger charge is 2.30. The van der Waals surface area contributed by atoms with Gasteiger partial charge in [0.15, 0.2) is 0 Å². The number of halogens is 3. The van der Waals surface area contributed by atoms with Crippen LogP contribution in [0.4, 0.5) is 18.9 Å². The van der Waals surface area contributed by atoms with Gasteiger partial charge in [0.25, 0.3) is 5.69 Å². The minimum Gasteiger partial charge on any atom is -0.490 e. The van der Waals surface area contributed by atoms with Crippen LogP contribution in [0.25, 0.3) is 11.3 Å². The number of pyridine rings is 1. The monoisotopic (exact) mass is 487 g/mol. The molecule has 35 heavy (non-hydrogen) atoms. The summed E-state index contributed by atoms with van der Waals surface area (Å²) in [5.41, 5.74) is 1.88. The molecule has 184 valence electrons. The number of carbonyl (C=O) groups excluding carboxylic acids is 1. The molecule has 0 bridgehead atoms. The molecule has 1 fully saturated rings. The smallest absolute Gasteiger partial charge is 0.416 e. The van der Waals surface area contributed by atoms with E-state index in [1.807, 2.05) is 19.1 Å². The number of rotatable bonds is 7. The van der Waals surface area contributed by atoms with Crippen molar-refractivity contribution in [1.82, 2.24) is 10.3 Å². The molecule has 1 amide bonds. The largest absolute Gasteiger partial charge is 0.490 e. The summed E-state index contributed by atoms with van der Waals surface area (Å²) in [6.07, 6.45) is 1.30. The molecule has 1 aliphatic rings. The Balaban J connectivity index is 0.000000214. The second-order valence-corrected chi connectivity index (χ2v) is 8.02. The lowest BCUT2D eigenvalue weighted by molar-refractivity contribution is -0.384. The summed E-state index contributed by atoms with van der Waals surface area (Å²) in [7, 11) is 0. The Labute approximate surface area is 200 Å². The highest BCUT2D eigenvalue weighted by atomic mass is 19.4. The van der Waals surface area contributed by atoms with Gasteiger partial charge in [0.05, 0.1) is 27.8 Å². The van der Waals surface area contributed by atoms with E-state index in [2.05, 4.69) is 10.3 Å². The predicted octanol–water partition coefficient (Wildman–Crippen LogP) is 5.85. The number of aryl methyl sites for hydroxylation is 1. The number of nitro groups is 1. The van der Waals surface area contributed by atoms with E-state index in [0.29, 0.717) is 29.0 Å². The summed E-state index contributed by atoms with van der Waals surface area (Å²) in [6.45, 7) is 2.04. The zero-order chi connectivity index (χ0) is 25.4. The van der Waals surface area contributed by atoms with Gasteiger partial charge in [-0.1, -0.05) is 12.1 Å². The summed E-state index contributed by atoms with van der Waals surface area (Å²) in [4.78, 5) is 25.0. The molecule has 2 aromatic carbocycles. The molecule has 10 heteroatoms.